The molecule has 5 nitrogen and oxygen atoms in total. The van der Waals surface area contributed by atoms with Gasteiger partial charge in [0.1, 0.15) is 11.7 Å². The monoisotopic (exact) mass is 265 g/mol. The van der Waals surface area contributed by atoms with E-state index >= 15 is 0 Å². The van der Waals surface area contributed by atoms with Crippen molar-refractivity contribution in [2.75, 3.05) is 5.32 Å². The van der Waals surface area contributed by atoms with Crippen LogP contribution >= 0.6 is 0 Å². The third kappa shape index (κ3) is 3.38. The Balaban J connectivity index is 3.05. The molecule has 102 valence electrons. The van der Waals surface area contributed by atoms with Crippen LogP contribution in [0.1, 0.15) is 26.8 Å². The molecule has 0 saturated heterocycles. The molecule has 0 bridgehead atoms. The molecule has 8 heteroatoms. The molecule has 0 aliphatic heterocycles. The largest absolute Gasteiger partial charge is 0.472 e. The molecule has 0 saturated carbocycles. The first-order chi connectivity index (χ1) is 8.25. The second kappa shape index (κ2) is 5.28. The Labute approximate surface area is 102 Å². The van der Waals surface area contributed by atoms with Gasteiger partial charge in [0, 0.05) is 0 Å². The molecule has 1 atom stereocenters. The molecule has 0 aliphatic rings. The summed E-state index contributed by atoms with van der Waals surface area (Å²) in [6, 6.07) is -1.80. The quantitative estimate of drug-likeness (QED) is 0.831. The number of aromatic nitrogens is 2. The fourth-order valence-electron chi connectivity index (χ4n) is 1.20. The number of hydrogen-bond donors (Lipinski definition) is 1. The van der Waals surface area contributed by atoms with E-state index in [1.165, 1.54) is 0 Å². The van der Waals surface area contributed by atoms with Crippen LogP contribution in [0.3, 0.4) is 0 Å². The zero-order valence-corrected chi connectivity index (χ0v) is 10.2. The standard InChI is InChI=1S/C10H14F3N3O2/c1-6(2)18-9-8(14-5-17)4-16(15-9)7(3)10(11,12)13/h4-7H,1-3H3,(H,14,17)/t7-/m0/s1. The fraction of sp³-hybridized carbons (Fsp3) is 0.600. The summed E-state index contributed by atoms with van der Waals surface area (Å²) in [7, 11) is 0. The van der Waals surface area contributed by atoms with Crippen molar-refractivity contribution in [1.82, 2.24) is 9.78 Å². The van der Waals surface area contributed by atoms with E-state index in [2.05, 4.69) is 10.4 Å². The number of nitrogens with zero attached hydrogens (tertiary/aromatic N) is 2. The molecule has 1 N–H and O–H groups in total. The minimum absolute atomic E-state index is 0.0341. The molecule has 1 aromatic rings. The molecule has 0 aliphatic carbocycles. The fourth-order valence-corrected chi connectivity index (χ4v) is 1.20. The molecule has 0 unspecified atom stereocenters. The van der Waals surface area contributed by atoms with E-state index in [9.17, 15) is 18.0 Å². The number of hydrogen-bond acceptors (Lipinski definition) is 3. The van der Waals surface area contributed by atoms with Crippen LogP contribution < -0.4 is 10.1 Å². The highest BCUT2D eigenvalue weighted by Gasteiger charge is 2.38. The molecule has 0 radical (unpaired) electrons. The predicted octanol–water partition coefficient (Wildman–Crippen LogP) is 2.36. The molecule has 0 fully saturated rings. The van der Waals surface area contributed by atoms with Gasteiger partial charge in [0.05, 0.1) is 12.3 Å². The van der Waals surface area contributed by atoms with Gasteiger partial charge in [-0.2, -0.15) is 13.2 Å². The average molecular weight is 265 g/mol. The first-order valence-electron chi connectivity index (χ1n) is 5.28. The first-order valence-corrected chi connectivity index (χ1v) is 5.28. The lowest BCUT2D eigenvalue weighted by Crippen LogP contribution is -2.24. The summed E-state index contributed by atoms with van der Waals surface area (Å²) >= 11 is 0. The number of anilines is 1. The number of carbonyl (C=O) groups excluding carboxylic acids is 1. The minimum atomic E-state index is -4.42. The summed E-state index contributed by atoms with van der Waals surface area (Å²) in [4.78, 5) is 10.4. The van der Waals surface area contributed by atoms with Crippen molar-refractivity contribution in [3.05, 3.63) is 6.20 Å². The Hall–Kier alpha value is -1.73. The Morgan fingerprint density at radius 2 is 2.06 bits per heavy atom. The average Bonchev–Trinajstić information content (AvgIpc) is 2.59. The van der Waals surface area contributed by atoms with Crippen molar-refractivity contribution < 1.29 is 22.7 Å². The van der Waals surface area contributed by atoms with Gasteiger partial charge in [0.25, 0.3) is 5.88 Å². The van der Waals surface area contributed by atoms with E-state index < -0.39 is 12.2 Å². The van der Waals surface area contributed by atoms with E-state index in [1.807, 2.05) is 0 Å². The Morgan fingerprint density at radius 3 is 2.50 bits per heavy atom. The van der Waals surface area contributed by atoms with Crippen molar-refractivity contribution in [2.24, 2.45) is 0 Å². The number of halogens is 3. The van der Waals surface area contributed by atoms with Gasteiger partial charge < -0.3 is 10.1 Å². The van der Waals surface area contributed by atoms with E-state index in [0.29, 0.717) is 11.1 Å². The maximum atomic E-state index is 12.5. The van der Waals surface area contributed by atoms with Gasteiger partial charge in [0.2, 0.25) is 6.41 Å². The van der Waals surface area contributed by atoms with Gasteiger partial charge in [-0.3, -0.25) is 9.48 Å². The molecule has 1 rings (SSSR count). The van der Waals surface area contributed by atoms with Crippen LogP contribution in [0.5, 0.6) is 5.88 Å². The molecular formula is C10H14F3N3O2. The van der Waals surface area contributed by atoms with Crippen LogP contribution in [-0.4, -0.2) is 28.5 Å². The lowest BCUT2D eigenvalue weighted by atomic mass is 10.3. The van der Waals surface area contributed by atoms with E-state index in [1.54, 1.807) is 13.8 Å². The SMILES string of the molecule is CC(C)Oc1nn([C@@H](C)C(F)(F)F)cc1NC=O. The molecular weight excluding hydrogens is 251 g/mol. The third-order valence-corrected chi connectivity index (χ3v) is 2.13. The normalized spacial score (nSPS) is 13.5. The van der Waals surface area contributed by atoms with Gasteiger partial charge >= 0.3 is 6.18 Å². The summed E-state index contributed by atoms with van der Waals surface area (Å²) in [6.45, 7) is 4.38. The van der Waals surface area contributed by atoms with Crippen LogP contribution in [0.25, 0.3) is 0 Å². The molecule has 0 aromatic carbocycles. The summed E-state index contributed by atoms with van der Waals surface area (Å²) < 4.78 is 43.5. The van der Waals surface area contributed by atoms with Crippen LogP contribution in [-0.2, 0) is 4.79 Å². The topological polar surface area (TPSA) is 56.1 Å². The highest BCUT2D eigenvalue weighted by Crippen LogP contribution is 2.33. The minimum Gasteiger partial charge on any atom is -0.472 e. The maximum Gasteiger partial charge on any atom is 0.410 e. The Morgan fingerprint density at radius 1 is 1.44 bits per heavy atom. The maximum absolute atomic E-state index is 12.5. The number of carbonyl (C=O) groups is 1. The lowest BCUT2D eigenvalue weighted by Gasteiger charge is -2.15. The number of rotatable bonds is 5. The van der Waals surface area contributed by atoms with Gasteiger partial charge in [-0.25, -0.2) is 0 Å². The highest BCUT2D eigenvalue weighted by atomic mass is 19.4. The summed E-state index contributed by atoms with van der Waals surface area (Å²) in [6.07, 6.45) is -3.24. The first kappa shape index (κ1) is 14.3. The lowest BCUT2D eigenvalue weighted by molar-refractivity contribution is -0.165. The molecule has 18 heavy (non-hydrogen) atoms. The van der Waals surface area contributed by atoms with Crippen molar-refractivity contribution in [3.8, 4) is 5.88 Å². The zero-order valence-electron chi connectivity index (χ0n) is 10.2. The van der Waals surface area contributed by atoms with Gasteiger partial charge in [-0.15, -0.1) is 5.10 Å². The summed E-state index contributed by atoms with van der Waals surface area (Å²) in [5.74, 6) is -0.0341. The zero-order chi connectivity index (χ0) is 13.9. The molecule has 1 heterocycles. The van der Waals surface area contributed by atoms with Crippen molar-refractivity contribution in [1.29, 1.82) is 0 Å². The number of ether oxygens (including phenoxy) is 1. The van der Waals surface area contributed by atoms with Crippen LogP contribution in [0.4, 0.5) is 18.9 Å². The van der Waals surface area contributed by atoms with Crippen LogP contribution in [0.2, 0.25) is 0 Å². The van der Waals surface area contributed by atoms with Crippen molar-refractivity contribution >= 4 is 12.1 Å². The molecule has 1 amide bonds. The van der Waals surface area contributed by atoms with Crippen molar-refractivity contribution in [3.63, 3.8) is 0 Å². The van der Waals surface area contributed by atoms with E-state index in [4.69, 9.17) is 4.74 Å². The molecule has 0 spiro atoms. The van der Waals surface area contributed by atoms with Gasteiger partial charge in [-0.1, -0.05) is 0 Å². The van der Waals surface area contributed by atoms with Crippen LogP contribution in [0, 0.1) is 0 Å². The molecule has 1 aromatic heterocycles. The second-order valence-corrected chi connectivity index (χ2v) is 3.97. The second-order valence-electron chi connectivity index (χ2n) is 3.97. The Kier molecular flexibility index (Phi) is 4.20. The van der Waals surface area contributed by atoms with Crippen molar-refractivity contribution in [2.45, 2.75) is 39.1 Å². The van der Waals surface area contributed by atoms with Crippen LogP contribution in [0.15, 0.2) is 6.20 Å². The Bertz CT molecular complexity index is 415. The summed E-state index contributed by atoms with van der Waals surface area (Å²) in [5.41, 5.74) is 0.106. The smallest absolute Gasteiger partial charge is 0.410 e. The van der Waals surface area contributed by atoms with E-state index in [-0.39, 0.29) is 17.7 Å². The predicted molar refractivity (Wildman–Crippen MR) is 58.4 cm³/mol. The van der Waals surface area contributed by atoms with Gasteiger partial charge in [-0.05, 0) is 20.8 Å². The number of amides is 1. The summed E-state index contributed by atoms with van der Waals surface area (Å²) in [5, 5.41) is 5.94. The third-order valence-electron chi connectivity index (χ3n) is 2.13. The number of alkyl halides is 3. The number of nitrogens with one attached hydrogen (secondary N) is 1. The van der Waals surface area contributed by atoms with E-state index in [0.717, 1.165) is 13.1 Å². The highest BCUT2D eigenvalue weighted by molar-refractivity contribution is 5.73. The van der Waals surface area contributed by atoms with Gasteiger partial charge in [0.15, 0.2) is 0 Å².